The summed E-state index contributed by atoms with van der Waals surface area (Å²) in [4.78, 5) is 4.30. The molecule has 1 aliphatic rings. The smallest absolute Gasteiger partial charge is 0.312 e. The van der Waals surface area contributed by atoms with Gasteiger partial charge in [-0.1, -0.05) is 12.8 Å². The van der Waals surface area contributed by atoms with Crippen molar-refractivity contribution in [3.05, 3.63) is 0 Å². The lowest BCUT2D eigenvalue weighted by atomic mass is 9.78. The molecule has 3 N–H and O–H groups in total. The molecular formula is C12H22F3N3. The van der Waals surface area contributed by atoms with Gasteiger partial charge in [0.15, 0.2) is 0 Å². The lowest BCUT2D eigenvalue weighted by Crippen LogP contribution is -2.46. The molecule has 0 bridgehead atoms. The predicted octanol–water partition coefficient (Wildman–Crippen LogP) is 3.02. The van der Waals surface area contributed by atoms with E-state index in [1.807, 2.05) is 20.8 Å². The first-order valence-electron chi connectivity index (χ1n) is 6.28. The maximum absolute atomic E-state index is 13.0. The Morgan fingerprint density at radius 3 is 2.17 bits per heavy atom. The van der Waals surface area contributed by atoms with Crippen molar-refractivity contribution < 1.29 is 13.2 Å². The molecule has 0 heterocycles. The van der Waals surface area contributed by atoms with Crippen LogP contribution in [0.5, 0.6) is 0 Å². The van der Waals surface area contributed by atoms with Crippen molar-refractivity contribution in [2.75, 3.05) is 0 Å². The van der Waals surface area contributed by atoms with Crippen molar-refractivity contribution in [3.63, 3.8) is 0 Å². The third-order valence-electron chi connectivity index (χ3n) is 3.14. The molecule has 1 rings (SSSR count). The second kappa shape index (κ2) is 5.47. The van der Waals surface area contributed by atoms with Gasteiger partial charge >= 0.3 is 6.18 Å². The van der Waals surface area contributed by atoms with Gasteiger partial charge in [0.05, 0.1) is 11.5 Å². The zero-order chi connectivity index (χ0) is 14.0. The quantitative estimate of drug-likeness (QED) is 0.331. The fourth-order valence-corrected chi connectivity index (χ4v) is 2.43. The molecule has 0 aromatic carbocycles. The first-order valence-corrected chi connectivity index (χ1v) is 6.28. The predicted molar refractivity (Wildman–Crippen MR) is 66.0 cm³/mol. The fraction of sp³-hybridized carbons (Fsp3) is 0.917. The lowest BCUT2D eigenvalue weighted by Gasteiger charge is -2.34. The Balaban J connectivity index is 2.98. The summed E-state index contributed by atoms with van der Waals surface area (Å²) in [5.74, 6) is 3.68. The Bertz CT molecular complexity index is 305. The molecule has 106 valence electrons. The SMILES string of the molecule is CC(C)(C)N=C(NN)C1CCCCC1C(F)(F)F. The van der Waals surface area contributed by atoms with Crippen LogP contribution in [0.2, 0.25) is 0 Å². The Kier molecular flexibility index (Phi) is 4.64. The molecule has 0 radical (unpaired) electrons. The van der Waals surface area contributed by atoms with E-state index in [1.165, 1.54) is 0 Å². The number of hydrazine groups is 1. The van der Waals surface area contributed by atoms with E-state index in [9.17, 15) is 13.2 Å². The highest BCUT2D eigenvalue weighted by molar-refractivity contribution is 5.84. The highest BCUT2D eigenvalue weighted by Crippen LogP contribution is 2.41. The van der Waals surface area contributed by atoms with Crippen LogP contribution in [0.3, 0.4) is 0 Å². The Morgan fingerprint density at radius 1 is 1.17 bits per heavy atom. The molecule has 3 nitrogen and oxygen atoms in total. The van der Waals surface area contributed by atoms with Crippen molar-refractivity contribution in [3.8, 4) is 0 Å². The summed E-state index contributed by atoms with van der Waals surface area (Å²) >= 11 is 0. The number of amidine groups is 1. The molecule has 1 saturated carbocycles. The van der Waals surface area contributed by atoms with Crippen LogP contribution in [0.1, 0.15) is 46.5 Å². The maximum Gasteiger partial charge on any atom is 0.392 e. The molecule has 18 heavy (non-hydrogen) atoms. The van der Waals surface area contributed by atoms with Crippen molar-refractivity contribution in [2.45, 2.75) is 58.2 Å². The van der Waals surface area contributed by atoms with Crippen LogP contribution >= 0.6 is 0 Å². The fourth-order valence-electron chi connectivity index (χ4n) is 2.43. The first kappa shape index (κ1) is 15.3. The number of nitrogens with zero attached hydrogens (tertiary/aromatic N) is 1. The van der Waals surface area contributed by atoms with Crippen LogP contribution in [0.4, 0.5) is 13.2 Å². The van der Waals surface area contributed by atoms with E-state index < -0.39 is 23.6 Å². The number of aliphatic imine (C=N–C) groups is 1. The second-order valence-corrected chi connectivity index (χ2v) is 5.85. The summed E-state index contributed by atoms with van der Waals surface area (Å²) in [5, 5.41) is 0. The molecule has 1 aliphatic carbocycles. The van der Waals surface area contributed by atoms with Gasteiger partial charge in [-0.25, -0.2) is 5.84 Å². The van der Waals surface area contributed by atoms with E-state index in [-0.39, 0.29) is 12.3 Å². The highest BCUT2D eigenvalue weighted by atomic mass is 19.4. The van der Waals surface area contributed by atoms with Crippen LogP contribution in [0, 0.1) is 11.8 Å². The Morgan fingerprint density at radius 2 is 1.72 bits per heavy atom. The van der Waals surface area contributed by atoms with E-state index in [0.29, 0.717) is 12.8 Å². The number of nitrogens with one attached hydrogen (secondary N) is 1. The van der Waals surface area contributed by atoms with Crippen molar-refractivity contribution in [2.24, 2.45) is 22.7 Å². The third kappa shape index (κ3) is 4.15. The zero-order valence-electron chi connectivity index (χ0n) is 11.1. The van der Waals surface area contributed by atoms with Gasteiger partial charge in [-0.15, -0.1) is 0 Å². The maximum atomic E-state index is 13.0. The zero-order valence-corrected chi connectivity index (χ0v) is 11.1. The molecule has 2 atom stereocenters. The van der Waals surface area contributed by atoms with Crippen molar-refractivity contribution in [1.82, 2.24) is 5.43 Å². The summed E-state index contributed by atoms with van der Waals surface area (Å²) in [6.45, 7) is 5.53. The van der Waals surface area contributed by atoms with E-state index in [4.69, 9.17) is 5.84 Å². The standard InChI is InChI=1S/C12H22F3N3/c1-11(2,3)17-10(18-16)8-6-4-5-7-9(8)12(13,14)15/h8-9H,4-7,16H2,1-3H3,(H,17,18). The summed E-state index contributed by atoms with van der Waals surface area (Å²) in [7, 11) is 0. The third-order valence-corrected chi connectivity index (χ3v) is 3.14. The number of nitrogens with two attached hydrogens (primary N) is 1. The van der Waals surface area contributed by atoms with Crippen molar-refractivity contribution in [1.29, 1.82) is 0 Å². The topological polar surface area (TPSA) is 50.4 Å². The molecule has 0 amide bonds. The second-order valence-electron chi connectivity index (χ2n) is 5.85. The molecule has 0 aliphatic heterocycles. The summed E-state index contributed by atoms with van der Waals surface area (Å²) in [6.07, 6.45) is -2.11. The van der Waals surface area contributed by atoms with Gasteiger partial charge in [0.2, 0.25) is 0 Å². The molecule has 6 heteroatoms. The number of alkyl halides is 3. The minimum Gasteiger partial charge on any atom is -0.312 e. The van der Waals surface area contributed by atoms with Crippen molar-refractivity contribution >= 4 is 5.84 Å². The van der Waals surface area contributed by atoms with Gasteiger partial charge in [0, 0.05) is 5.92 Å². The van der Waals surface area contributed by atoms with Gasteiger partial charge < -0.3 is 5.43 Å². The molecule has 0 spiro atoms. The average molecular weight is 265 g/mol. The monoisotopic (exact) mass is 265 g/mol. The van der Waals surface area contributed by atoms with Crippen LogP contribution in [0.25, 0.3) is 0 Å². The van der Waals surface area contributed by atoms with Crippen LogP contribution < -0.4 is 11.3 Å². The number of rotatable bonds is 1. The number of hydrogen-bond acceptors (Lipinski definition) is 2. The Hall–Kier alpha value is -0.780. The Labute approximate surface area is 106 Å². The summed E-state index contributed by atoms with van der Waals surface area (Å²) in [5.41, 5.74) is 1.95. The van der Waals surface area contributed by atoms with Crippen LogP contribution in [0.15, 0.2) is 4.99 Å². The molecular weight excluding hydrogens is 243 g/mol. The first-order chi connectivity index (χ1) is 8.15. The van der Waals surface area contributed by atoms with Gasteiger partial charge in [0.1, 0.15) is 5.84 Å². The lowest BCUT2D eigenvalue weighted by molar-refractivity contribution is -0.189. The van der Waals surface area contributed by atoms with E-state index in [2.05, 4.69) is 10.4 Å². The van der Waals surface area contributed by atoms with Gasteiger partial charge in [-0.3, -0.25) is 4.99 Å². The number of halogens is 3. The number of hydrogen-bond donors (Lipinski definition) is 2. The van der Waals surface area contributed by atoms with Gasteiger partial charge in [-0.2, -0.15) is 13.2 Å². The van der Waals surface area contributed by atoms with E-state index in [1.54, 1.807) is 0 Å². The van der Waals surface area contributed by atoms with Crippen LogP contribution in [-0.4, -0.2) is 17.6 Å². The average Bonchev–Trinajstić information content (AvgIpc) is 2.23. The highest BCUT2D eigenvalue weighted by Gasteiger charge is 2.47. The molecule has 0 saturated heterocycles. The minimum atomic E-state index is -4.18. The summed E-state index contributed by atoms with van der Waals surface area (Å²) in [6, 6.07) is 0. The largest absolute Gasteiger partial charge is 0.392 e. The normalized spacial score (nSPS) is 27.2. The molecule has 0 aromatic rings. The molecule has 0 aromatic heterocycles. The summed E-state index contributed by atoms with van der Waals surface area (Å²) < 4.78 is 39.0. The van der Waals surface area contributed by atoms with E-state index in [0.717, 1.165) is 6.42 Å². The molecule has 1 fully saturated rings. The molecule has 2 unspecified atom stereocenters. The van der Waals surface area contributed by atoms with E-state index >= 15 is 0 Å². The van der Waals surface area contributed by atoms with Gasteiger partial charge in [0.25, 0.3) is 0 Å². The van der Waals surface area contributed by atoms with Gasteiger partial charge in [-0.05, 0) is 33.6 Å². The minimum absolute atomic E-state index is 0.166. The van der Waals surface area contributed by atoms with Crippen LogP contribution in [-0.2, 0) is 0 Å².